The summed E-state index contributed by atoms with van der Waals surface area (Å²) in [5.41, 5.74) is -0.236. The maximum Gasteiger partial charge on any atom is 0.285 e. The molecule has 0 amide bonds. The molecule has 0 spiro atoms. The molecule has 0 atom stereocenters. The number of benzene rings is 1. The average molecular weight is 274 g/mol. The molecule has 0 aromatic heterocycles. The Balaban J connectivity index is 2.00. The fraction of sp³-hybridized carbons (Fsp3) is 0.571. The normalized spacial score (nSPS) is 19.1. The van der Waals surface area contributed by atoms with Crippen LogP contribution in [-0.4, -0.2) is 18.0 Å². The van der Waals surface area contributed by atoms with Crippen molar-refractivity contribution in [1.29, 1.82) is 0 Å². The van der Waals surface area contributed by atoms with Crippen molar-refractivity contribution in [1.82, 2.24) is 5.32 Å². The van der Waals surface area contributed by atoms with Gasteiger partial charge in [0, 0.05) is 17.0 Å². The number of hydrogen-bond acceptors (Lipinski definition) is 1. The molecule has 0 unspecified atom stereocenters. The Hall–Kier alpha value is -0.670. The van der Waals surface area contributed by atoms with Crippen LogP contribution in [0.25, 0.3) is 0 Å². The van der Waals surface area contributed by atoms with Gasteiger partial charge < -0.3 is 5.32 Å². The smallest absolute Gasteiger partial charge is 0.285 e. The van der Waals surface area contributed by atoms with Gasteiger partial charge in [-0.15, -0.1) is 11.6 Å². The fourth-order valence-corrected chi connectivity index (χ4v) is 2.85. The molecule has 4 heteroatoms. The van der Waals surface area contributed by atoms with E-state index in [1.807, 2.05) is 0 Å². The molecule has 100 valence electrons. The zero-order valence-electron chi connectivity index (χ0n) is 10.3. The van der Waals surface area contributed by atoms with Crippen LogP contribution in [0.1, 0.15) is 31.2 Å². The topological polar surface area (TPSA) is 12.0 Å². The lowest BCUT2D eigenvalue weighted by molar-refractivity contribution is -0.00981. The summed E-state index contributed by atoms with van der Waals surface area (Å²) in [5.74, 6) is -2.44. The summed E-state index contributed by atoms with van der Waals surface area (Å²) in [7, 11) is 0. The number of rotatable bonds is 5. The molecular weight excluding hydrogens is 256 g/mol. The van der Waals surface area contributed by atoms with Gasteiger partial charge in [0.15, 0.2) is 0 Å². The molecule has 0 radical (unpaired) electrons. The highest BCUT2D eigenvalue weighted by Gasteiger charge is 2.38. The zero-order chi connectivity index (χ0) is 13.1. The van der Waals surface area contributed by atoms with Crippen molar-refractivity contribution in [3.8, 4) is 0 Å². The third-order valence-corrected chi connectivity index (χ3v) is 4.21. The van der Waals surface area contributed by atoms with Crippen molar-refractivity contribution in [2.24, 2.45) is 0 Å². The van der Waals surface area contributed by atoms with E-state index in [9.17, 15) is 8.78 Å². The van der Waals surface area contributed by atoms with Crippen molar-refractivity contribution in [3.05, 3.63) is 35.9 Å². The molecule has 1 saturated carbocycles. The predicted molar refractivity (Wildman–Crippen MR) is 70.3 cm³/mol. The highest BCUT2D eigenvalue weighted by Crippen LogP contribution is 2.33. The molecule has 1 N–H and O–H groups in total. The van der Waals surface area contributed by atoms with E-state index in [0.717, 1.165) is 25.7 Å². The van der Waals surface area contributed by atoms with Gasteiger partial charge in [-0.2, -0.15) is 8.78 Å². The Morgan fingerprint density at radius 3 is 2.33 bits per heavy atom. The van der Waals surface area contributed by atoms with Gasteiger partial charge in [0.25, 0.3) is 5.92 Å². The fourth-order valence-electron chi connectivity index (χ4n) is 2.49. The second kappa shape index (κ2) is 5.54. The molecule has 1 aromatic rings. The summed E-state index contributed by atoms with van der Waals surface area (Å²) in [6, 6.07) is 7.93. The van der Waals surface area contributed by atoms with Gasteiger partial charge in [-0.3, -0.25) is 0 Å². The average Bonchev–Trinajstić information content (AvgIpc) is 2.87. The number of nitrogens with one attached hydrogen (secondary N) is 1. The van der Waals surface area contributed by atoms with Gasteiger partial charge in [-0.1, -0.05) is 43.2 Å². The highest BCUT2D eigenvalue weighted by atomic mass is 35.5. The minimum atomic E-state index is -2.84. The minimum absolute atomic E-state index is 0.0558. The summed E-state index contributed by atoms with van der Waals surface area (Å²) >= 11 is 5.93. The predicted octanol–water partition coefficient (Wildman–Crippen LogP) is 3.92. The summed E-state index contributed by atoms with van der Waals surface area (Å²) in [4.78, 5) is 0. The first kappa shape index (κ1) is 13.8. The first-order valence-electron chi connectivity index (χ1n) is 6.32. The van der Waals surface area contributed by atoms with E-state index in [2.05, 4.69) is 5.32 Å². The van der Waals surface area contributed by atoms with Gasteiger partial charge in [0.1, 0.15) is 0 Å². The molecule has 0 heterocycles. The van der Waals surface area contributed by atoms with Gasteiger partial charge in [0.05, 0.1) is 6.54 Å². The molecule has 0 bridgehead atoms. The third kappa shape index (κ3) is 3.01. The number of halogens is 3. The molecular formula is C14H18ClF2N. The minimum Gasteiger partial charge on any atom is -0.304 e. The van der Waals surface area contributed by atoms with Crippen molar-refractivity contribution in [2.75, 3.05) is 12.4 Å². The van der Waals surface area contributed by atoms with E-state index in [4.69, 9.17) is 11.6 Å². The van der Waals surface area contributed by atoms with E-state index >= 15 is 0 Å². The van der Waals surface area contributed by atoms with Crippen LogP contribution in [0.4, 0.5) is 8.78 Å². The van der Waals surface area contributed by atoms with Crippen LogP contribution in [0.3, 0.4) is 0 Å². The Kier molecular flexibility index (Phi) is 4.23. The van der Waals surface area contributed by atoms with Crippen LogP contribution in [-0.2, 0) is 5.92 Å². The lowest BCUT2D eigenvalue weighted by Crippen LogP contribution is -2.48. The van der Waals surface area contributed by atoms with Gasteiger partial charge in [-0.05, 0) is 12.8 Å². The van der Waals surface area contributed by atoms with E-state index in [1.54, 1.807) is 18.2 Å². The molecule has 0 aliphatic heterocycles. The number of alkyl halides is 3. The Labute approximate surface area is 112 Å². The second-order valence-electron chi connectivity index (χ2n) is 5.05. The molecule has 1 aliphatic rings. The molecule has 1 aromatic carbocycles. The highest BCUT2D eigenvalue weighted by molar-refractivity contribution is 6.18. The maximum absolute atomic E-state index is 14.0. The van der Waals surface area contributed by atoms with E-state index in [-0.39, 0.29) is 17.6 Å². The van der Waals surface area contributed by atoms with Crippen LogP contribution in [0.5, 0.6) is 0 Å². The van der Waals surface area contributed by atoms with E-state index in [1.165, 1.54) is 12.1 Å². The summed E-state index contributed by atoms with van der Waals surface area (Å²) < 4.78 is 28.0. The van der Waals surface area contributed by atoms with Crippen LogP contribution in [0.2, 0.25) is 0 Å². The van der Waals surface area contributed by atoms with Crippen molar-refractivity contribution >= 4 is 11.6 Å². The summed E-state index contributed by atoms with van der Waals surface area (Å²) in [6.45, 7) is -0.344. The van der Waals surface area contributed by atoms with Gasteiger partial charge in [0.2, 0.25) is 0 Å². The van der Waals surface area contributed by atoms with E-state index < -0.39 is 5.92 Å². The zero-order valence-corrected chi connectivity index (χ0v) is 11.0. The Bertz CT molecular complexity index is 375. The SMILES string of the molecule is FC(F)(CNC1(CCl)CCCC1)c1ccccc1. The molecule has 1 aliphatic carbocycles. The standard InChI is InChI=1S/C14H18ClF2N/c15-10-13(8-4-5-9-13)18-11-14(16,17)12-6-2-1-3-7-12/h1-3,6-7,18H,4-5,8-11H2. The van der Waals surface area contributed by atoms with Crippen LogP contribution >= 0.6 is 11.6 Å². The molecule has 0 saturated heterocycles. The maximum atomic E-state index is 14.0. The van der Waals surface area contributed by atoms with Gasteiger partial charge in [-0.25, -0.2) is 0 Å². The van der Waals surface area contributed by atoms with Crippen LogP contribution in [0.15, 0.2) is 30.3 Å². The largest absolute Gasteiger partial charge is 0.304 e. The molecule has 2 rings (SSSR count). The molecule has 1 nitrogen and oxygen atoms in total. The molecule has 1 fully saturated rings. The van der Waals surface area contributed by atoms with E-state index in [0.29, 0.717) is 5.88 Å². The lowest BCUT2D eigenvalue weighted by Gasteiger charge is -2.30. The number of hydrogen-bond donors (Lipinski definition) is 1. The quantitative estimate of drug-likeness (QED) is 0.802. The first-order chi connectivity index (χ1) is 8.58. The lowest BCUT2D eigenvalue weighted by atomic mass is 9.99. The van der Waals surface area contributed by atoms with Crippen LogP contribution < -0.4 is 5.32 Å². The first-order valence-corrected chi connectivity index (χ1v) is 6.86. The Morgan fingerprint density at radius 2 is 1.78 bits per heavy atom. The third-order valence-electron chi connectivity index (χ3n) is 3.70. The Morgan fingerprint density at radius 1 is 1.17 bits per heavy atom. The van der Waals surface area contributed by atoms with Crippen molar-refractivity contribution < 1.29 is 8.78 Å². The monoisotopic (exact) mass is 273 g/mol. The van der Waals surface area contributed by atoms with Crippen LogP contribution in [0, 0.1) is 0 Å². The summed E-state index contributed by atoms with van der Waals surface area (Å²) in [5, 5.41) is 3.00. The summed E-state index contributed by atoms with van der Waals surface area (Å²) in [6.07, 6.45) is 3.91. The van der Waals surface area contributed by atoms with Crippen molar-refractivity contribution in [3.63, 3.8) is 0 Å². The molecule has 18 heavy (non-hydrogen) atoms. The second-order valence-corrected chi connectivity index (χ2v) is 5.31. The van der Waals surface area contributed by atoms with Gasteiger partial charge >= 0.3 is 0 Å². The van der Waals surface area contributed by atoms with Crippen molar-refractivity contribution in [2.45, 2.75) is 37.1 Å².